The number of nitrogen functional groups attached to an aromatic ring is 1. The van der Waals surface area contributed by atoms with E-state index in [2.05, 4.69) is 15.0 Å². The summed E-state index contributed by atoms with van der Waals surface area (Å²) in [7, 11) is 0. The second-order valence-electron chi connectivity index (χ2n) is 5.25. The summed E-state index contributed by atoms with van der Waals surface area (Å²) in [4.78, 5) is 12.0. The van der Waals surface area contributed by atoms with Crippen molar-refractivity contribution in [1.29, 1.82) is 0 Å². The van der Waals surface area contributed by atoms with Gasteiger partial charge in [-0.05, 0) is 5.92 Å². The maximum absolute atomic E-state index is 14.3. The van der Waals surface area contributed by atoms with Crippen LogP contribution in [0.3, 0.4) is 0 Å². The average Bonchev–Trinajstić information content (AvgIpc) is 2.94. The van der Waals surface area contributed by atoms with Gasteiger partial charge in [0.25, 0.3) is 0 Å². The molecule has 3 rings (SSSR count). The molecule has 7 nitrogen and oxygen atoms in total. The fraction of sp³-hybridized carbons (Fsp3) is 0.583. The Kier molecular flexibility index (Phi) is 3.06. The van der Waals surface area contributed by atoms with Crippen LogP contribution in [-0.4, -0.2) is 43.0 Å². The van der Waals surface area contributed by atoms with Gasteiger partial charge in [-0.2, -0.15) is 0 Å². The molecule has 0 aromatic carbocycles. The molecule has 3 heterocycles. The van der Waals surface area contributed by atoms with Crippen LogP contribution in [0.2, 0.25) is 0 Å². The van der Waals surface area contributed by atoms with Crippen molar-refractivity contribution < 1.29 is 14.2 Å². The number of fused-ring (bicyclic) bond motifs is 1. The van der Waals surface area contributed by atoms with Gasteiger partial charge >= 0.3 is 0 Å². The average molecular weight is 281 g/mol. The minimum Gasteiger partial charge on any atom is -0.387 e. The van der Waals surface area contributed by atoms with Crippen LogP contribution < -0.4 is 5.73 Å². The molecule has 0 saturated carbocycles. The Morgan fingerprint density at radius 2 is 2.15 bits per heavy atom. The fourth-order valence-electron chi connectivity index (χ4n) is 2.49. The lowest BCUT2D eigenvalue weighted by Crippen LogP contribution is -2.31. The predicted molar refractivity (Wildman–Crippen MR) is 69.4 cm³/mol. The minimum atomic E-state index is -1.55. The van der Waals surface area contributed by atoms with E-state index in [1.165, 1.54) is 17.2 Å². The number of halogens is 1. The summed E-state index contributed by atoms with van der Waals surface area (Å²) in [5.74, 6) is 0.228. The standard InChI is InChI=1S/C12H16FN5O2/c1-5(2)9-8(19)6(13)12(20-9)18-4-17-7-10(14)15-3-16-11(7)18/h3-6,8-9,12,19H,1-2H3,(H2,14,15,16)/t6-,8+,9-,12-/m1/s1. The number of aliphatic hydroxyl groups is 1. The van der Waals surface area contributed by atoms with Crippen molar-refractivity contribution in [3.05, 3.63) is 12.7 Å². The maximum atomic E-state index is 14.3. The van der Waals surface area contributed by atoms with Crippen molar-refractivity contribution in [3.63, 3.8) is 0 Å². The zero-order valence-corrected chi connectivity index (χ0v) is 11.1. The predicted octanol–water partition coefficient (Wildman–Crippen LogP) is 0.661. The Bertz CT molecular complexity index is 631. The largest absolute Gasteiger partial charge is 0.387 e. The van der Waals surface area contributed by atoms with Gasteiger partial charge in [-0.1, -0.05) is 13.8 Å². The summed E-state index contributed by atoms with van der Waals surface area (Å²) >= 11 is 0. The van der Waals surface area contributed by atoms with Gasteiger partial charge in [-0.25, -0.2) is 19.3 Å². The number of aliphatic hydroxyl groups excluding tert-OH is 1. The Morgan fingerprint density at radius 1 is 1.40 bits per heavy atom. The molecule has 20 heavy (non-hydrogen) atoms. The summed E-state index contributed by atoms with van der Waals surface area (Å²) < 4.78 is 21.4. The lowest BCUT2D eigenvalue weighted by Gasteiger charge is -2.18. The number of alkyl halides is 1. The second kappa shape index (κ2) is 4.64. The van der Waals surface area contributed by atoms with Crippen LogP contribution in [0.15, 0.2) is 12.7 Å². The number of anilines is 1. The molecule has 0 bridgehead atoms. The lowest BCUT2D eigenvalue weighted by atomic mass is 10.0. The number of ether oxygens (including phenoxy) is 1. The maximum Gasteiger partial charge on any atom is 0.173 e. The van der Waals surface area contributed by atoms with Gasteiger partial charge in [0, 0.05) is 0 Å². The van der Waals surface area contributed by atoms with Crippen LogP contribution in [0.1, 0.15) is 20.1 Å². The molecule has 2 aromatic rings. The molecular weight excluding hydrogens is 265 g/mol. The summed E-state index contributed by atoms with van der Waals surface area (Å²) in [5.41, 5.74) is 6.48. The van der Waals surface area contributed by atoms with Crippen LogP contribution in [-0.2, 0) is 4.74 Å². The summed E-state index contributed by atoms with van der Waals surface area (Å²) in [6.07, 6.45) is -1.55. The smallest absolute Gasteiger partial charge is 0.173 e. The van der Waals surface area contributed by atoms with Crippen molar-refractivity contribution in [3.8, 4) is 0 Å². The van der Waals surface area contributed by atoms with Gasteiger partial charge in [-0.15, -0.1) is 0 Å². The Labute approximate surface area is 114 Å². The van der Waals surface area contributed by atoms with E-state index in [0.717, 1.165) is 0 Å². The Balaban J connectivity index is 2.02. The van der Waals surface area contributed by atoms with E-state index in [4.69, 9.17) is 10.5 Å². The molecule has 0 spiro atoms. The van der Waals surface area contributed by atoms with Crippen molar-refractivity contribution in [2.75, 3.05) is 5.73 Å². The lowest BCUT2D eigenvalue weighted by molar-refractivity contribution is -0.0433. The number of nitrogens with two attached hydrogens (primary N) is 1. The Hall–Kier alpha value is -1.80. The number of hydrogen-bond acceptors (Lipinski definition) is 6. The number of hydrogen-bond donors (Lipinski definition) is 2. The summed E-state index contributed by atoms with van der Waals surface area (Å²) in [5, 5.41) is 9.93. The highest BCUT2D eigenvalue weighted by molar-refractivity contribution is 5.81. The summed E-state index contributed by atoms with van der Waals surface area (Å²) in [6.45, 7) is 3.74. The number of rotatable bonds is 2. The molecule has 3 N–H and O–H groups in total. The van der Waals surface area contributed by atoms with E-state index in [9.17, 15) is 9.50 Å². The molecule has 2 aromatic heterocycles. The fourth-order valence-corrected chi connectivity index (χ4v) is 2.49. The first-order valence-corrected chi connectivity index (χ1v) is 6.41. The SMILES string of the molecule is CC(C)[C@H]1O[C@@H](n2cnc3c(N)ncnc32)[C@H](F)[C@@H]1O. The Morgan fingerprint density at radius 3 is 2.80 bits per heavy atom. The summed E-state index contributed by atoms with van der Waals surface area (Å²) in [6, 6.07) is 0. The van der Waals surface area contributed by atoms with Gasteiger partial charge in [0.05, 0.1) is 12.4 Å². The first-order chi connectivity index (χ1) is 9.50. The molecule has 1 fully saturated rings. The zero-order valence-electron chi connectivity index (χ0n) is 11.1. The highest BCUT2D eigenvalue weighted by Crippen LogP contribution is 2.36. The zero-order chi connectivity index (χ0) is 14.4. The number of nitrogens with zero attached hydrogens (tertiary/aromatic N) is 4. The molecule has 108 valence electrons. The van der Waals surface area contributed by atoms with Crippen LogP contribution in [0.4, 0.5) is 10.2 Å². The normalized spacial score (nSPS) is 30.4. The first kappa shape index (κ1) is 13.2. The van der Waals surface area contributed by atoms with E-state index in [0.29, 0.717) is 11.2 Å². The molecule has 1 aliphatic rings. The van der Waals surface area contributed by atoms with Gasteiger partial charge in [0.2, 0.25) is 0 Å². The van der Waals surface area contributed by atoms with Crippen molar-refractivity contribution >= 4 is 17.0 Å². The first-order valence-electron chi connectivity index (χ1n) is 6.41. The molecule has 8 heteroatoms. The van der Waals surface area contributed by atoms with Crippen molar-refractivity contribution in [2.24, 2.45) is 5.92 Å². The van der Waals surface area contributed by atoms with Crippen LogP contribution >= 0.6 is 0 Å². The number of aromatic nitrogens is 4. The topological polar surface area (TPSA) is 99.1 Å². The van der Waals surface area contributed by atoms with Gasteiger partial charge < -0.3 is 15.6 Å². The third-order valence-electron chi connectivity index (χ3n) is 3.55. The van der Waals surface area contributed by atoms with E-state index >= 15 is 0 Å². The molecular formula is C12H16FN5O2. The van der Waals surface area contributed by atoms with Gasteiger partial charge in [-0.3, -0.25) is 4.57 Å². The molecule has 1 aliphatic heterocycles. The van der Waals surface area contributed by atoms with E-state index in [1.807, 2.05) is 13.8 Å². The second-order valence-corrected chi connectivity index (χ2v) is 5.25. The van der Waals surface area contributed by atoms with E-state index < -0.39 is 24.6 Å². The van der Waals surface area contributed by atoms with Crippen LogP contribution in [0, 0.1) is 5.92 Å². The van der Waals surface area contributed by atoms with E-state index in [1.54, 1.807) is 0 Å². The van der Waals surface area contributed by atoms with Gasteiger partial charge in [0.1, 0.15) is 17.9 Å². The molecule has 1 saturated heterocycles. The third kappa shape index (κ3) is 1.83. The molecule has 4 atom stereocenters. The number of imidazole rings is 1. The highest BCUT2D eigenvalue weighted by atomic mass is 19.1. The molecule has 0 aliphatic carbocycles. The third-order valence-corrected chi connectivity index (χ3v) is 3.55. The quantitative estimate of drug-likeness (QED) is 0.839. The van der Waals surface area contributed by atoms with Crippen LogP contribution in [0.25, 0.3) is 11.2 Å². The molecule has 0 radical (unpaired) electrons. The van der Waals surface area contributed by atoms with E-state index in [-0.39, 0.29) is 11.7 Å². The van der Waals surface area contributed by atoms with Crippen molar-refractivity contribution in [2.45, 2.75) is 38.5 Å². The highest BCUT2D eigenvalue weighted by Gasteiger charge is 2.46. The minimum absolute atomic E-state index is 0.00253. The van der Waals surface area contributed by atoms with Gasteiger partial charge in [0.15, 0.2) is 23.9 Å². The van der Waals surface area contributed by atoms with Crippen molar-refractivity contribution in [1.82, 2.24) is 19.5 Å². The molecule has 0 unspecified atom stereocenters. The van der Waals surface area contributed by atoms with Crippen LogP contribution in [0.5, 0.6) is 0 Å². The monoisotopic (exact) mass is 281 g/mol. The molecule has 0 amide bonds.